The molecule has 0 saturated carbocycles. The Labute approximate surface area is 173 Å². The number of rotatable bonds is 7. The predicted molar refractivity (Wildman–Crippen MR) is 114 cm³/mol. The Bertz CT molecular complexity index is 979. The molecular formula is C21H32N4O3S. The molecule has 0 radical (unpaired) electrons. The molecule has 1 aliphatic rings. The lowest BCUT2D eigenvalue weighted by molar-refractivity contribution is -0.134. The van der Waals surface area contributed by atoms with Crippen molar-refractivity contribution in [2.75, 3.05) is 19.6 Å². The highest BCUT2D eigenvalue weighted by Gasteiger charge is 2.24. The highest BCUT2D eigenvalue weighted by molar-refractivity contribution is 7.89. The monoisotopic (exact) mass is 420 g/mol. The second-order valence-corrected chi connectivity index (χ2v) is 9.70. The van der Waals surface area contributed by atoms with Gasteiger partial charge in [-0.2, -0.15) is 4.31 Å². The number of carbonyl (C=O) groups excluding carboxylic acids is 1. The molecule has 1 aromatic heterocycles. The molecule has 7 nitrogen and oxygen atoms in total. The summed E-state index contributed by atoms with van der Waals surface area (Å²) in [5, 5.41) is 0. The van der Waals surface area contributed by atoms with Gasteiger partial charge in [0.25, 0.3) is 0 Å². The van der Waals surface area contributed by atoms with Crippen LogP contribution in [0.1, 0.15) is 52.3 Å². The molecule has 2 aromatic rings. The molecule has 1 saturated heterocycles. The van der Waals surface area contributed by atoms with Crippen molar-refractivity contribution in [1.29, 1.82) is 0 Å². The minimum absolute atomic E-state index is 0.175. The molecule has 0 N–H and O–H groups in total. The standard InChI is InChI=1S/C21H32N4O3S/c1-5-24(6-2)29(27,28)17-10-11-19-18(15-17)22-20(23(19)4)12-13-21(26)25-14-8-7-9-16(25)3/h10-11,15-16H,5-9,12-14H2,1-4H3. The number of piperidine rings is 1. The molecule has 0 bridgehead atoms. The van der Waals surface area contributed by atoms with Gasteiger partial charge in [-0.05, 0) is 44.4 Å². The second-order valence-electron chi connectivity index (χ2n) is 7.76. The van der Waals surface area contributed by atoms with E-state index in [9.17, 15) is 13.2 Å². The molecule has 1 fully saturated rings. The van der Waals surface area contributed by atoms with Crippen LogP contribution in [0.15, 0.2) is 23.1 Å². The van der Waals surface area contributed by atoms with E-state index in [-0.39, 0.29) is 10.8 Å². The van der Waals surface area contributed by atoms with E-state index in [0.717, 1.165) is 30.7 Å². The number of nitrogens with zero attached hydrogens (tertiary/aromatic N) is 4. The maximum atomic E-state index is 12.8. The van der Waals surface area contributed by atoms with Crippen LogP contribution < -0.4 is 0 Å². The summed E-state index contributed by atoms with van der Waals surface area (Å²) in [7, 11) is -1.61. The molecule has 29 heavy (non-hydrogen) atoms. The number of aryl methyl sites for hydroxylation is 2. The van der Waals surface area contributed by atoms with E-state index < -0.39 is 10.0 Å². The van der Waals surface area contributed by atoms with Crippen molar-refractivity contribution < 1.29 is 13.2 Å². The molecule has 1 aromatic carbocycles. The quantitative estimate of drug-likeness (QED) is 0.690. The fourth-order valence-corrected chi connectivity index (χ4v) is 5.64. The molecule has 0 aliphatic carbocycles. The molecule has 2 heterocycles. The van der Waals surface area contributed by atoms with Crippen LogP contribution >= 0.6 is 0 Å². The summed E-state index contributed by atoms with van der Waals surface area (Å²) in [4.78, 5) is 19.5. The van der Waals surface area contributed by atoms with Gasteiger partial charge in [0.15, 0.2) is 0 Å². The number of fused-ring (bicyclic) bond motifs is 1. The Hall–Kier alpha value is -1.93. The van der Waals surface area contributed by atoms with Gasteiger partial charge in [0.1, 0.15) is 5.82 Å². The molecule has 1 amide bonds. The molecule has 1 atom stereocenters. The van der Waals surface area contributed by atoms with Crippen LogP contribution in [0.4, 0.5) is 0 Å². The summed E-state index contributed by atoms with van der Waals surface area (Å²) < 4.78 is 29.0. The molecule has 8 heteroatoms. The van der Waals surface area contributed by atoms with Crippen molar-refractivity contribution in [3.63, 3.8) is 0 Å². The van der Waals surface area contributed by atoms with Gasteiger partial charge < -0.3 is 9.47 Å². The van der Waals surface area contributed by atoms with Gasteiger partial charge in [0.05, 0.1) is 15.9 Å². The number of carbonyl (C=O) groups is 1. The third-order valence-electron chi connectivity index (χ3n) is 5.97. The molecule has 3 rings (SSSR count). The van der Waals surface area contributed by atoms with Crippen LogP contribution in [0.2, 0.25) is 0 Å². The Morgan fingerprint density at radius 1 is 1.24 bits per heavy atom. The number of benzene rings is 1. The van der Waals surface area contributed by atoms with Gasteiger partial charge in [0.2, 0.25) is 15.9 Å². The Morgan fingerprint density at radius 2 is 1.97 bits per heavy atom. The normalized spacial score (nSPS) is 18.0. The number of amides is 1. The van der Waals surface area contributed by atoms with Crippen molar-refractivity contribution in [2.24, 2.45) is 7.05 Å². The first-order chi connectivity index (χ1) is 13.8. The Morgan fingerprint density at radius 3 is 2.62 bits per heavy atom. The van der Waals surface area contributed by atoms with Crippen molar-refractivity contribution >= 4 is 27.0 Å². The van der Waals surface area contributed by atoms with E-state index in [4.69, 9.17) is 0 Å². The Kier molecular flexibility index (Phi) is 6.63. The topological polar surface area (TPSA) is 75.5 Å². The first-order valence-electron chi connectivity index (χ1n) is 10.5. The van der Waals surface area contributed by atoms with Crippen LogP contribution in [0, 0.1) is 0 Å². The summed E-state index contributed by atoms with van der Waals surface area (Å²) in [6.45, 7) is 7.49. The summed E-state index contributed by atoms with van der Waals surface area (Å²) in [6.07, 6.45) is 4.31. The highest BCUT2D eigenvalue weighted by Crippen LogP contribution is 2.23. The lowest BCUT2D eigenvalue weighted by Crippen LogP contribution is -2.42. The van der Waals surface area contributed by atoms with Crippen LogP contribution in [0.5, 0.6) is 0 Å². The van der Waals surface area contributed by atoms with Gasteiger partial charge in [-0.1, -0.05) is 13.8 Å². The van der Waals surface area contributed by atoms with Crippen LogP contribution in [-0.4, -0.2) is 58.8 Å². The van der Waals surface area contributed by atoms with Crippen molar-refractivity contribution in [1.82, 2.24) is 18.8 Å². The van der Waals surface area contributed by atoms with E-state index in [1.807, 2.05) is 30.4 Å². The van der Waals surface area contributed by atoms with Crippen LogP contribution in [0.25, 0.3) is 11.0 Å². The minimum Gasteiger partial charge on any atom is -0.340 e. The van der Waals surface area contributed by atoms with Gasteiger partial charge in [0, 0.05) is 45.6 Å². The zero-order chi connectivity index (χ0) is 21.2. The summed E-state index contributed by atoms with van der Waals surface area (Å²) in [5.74, 6) is 0.976. The van der Waals surface area contributed by atoms with E-state index in [0.29, 0.717) is 37.5 Å². The summed E-state index contributed by atoms with van der Waals surface area (Å²) in [6, 6.07) is 5.39. The van der Waals surface area contributed by atoms with Crippen LogP contribution in [-0.2, 0) is 28.3 Å². The largest absolute Gasteiger partial charge is 0.340 e. The first-order valence-corrected chi connectivity index (χ1v) is 12.0. The van der Waals surface area contributed by atoms with Gasteiger partial charge in [-0.15, -0.1) is 0 Å². The third kappa shape index (κ3) is 4.33. The molecule has 160 valence electrons. The molecule has 1 unspecified atom stereocenters. The number of likely N-dealkylation sites (tertiary alicyclic amines) is 1. The maximum absolute atomic E-state index is 12.8. The van der Waals surface area contributed by atoms with Crippen molar-refractivity contribution in [3.8, 4) is 0 Å². The zero-order valence-corrected chi connectivity index (χ0v) is 18.7. The SMILES string of the molecule is CCN(CC)S(=O)(=O)c1ccc2c(c1)nc(CCC(=O)N1CCCCC1C)n2C. The number of hydrogen-bond acceptors (Lipinski definition) is 4. The fraction of sp³-hybridized carbons (Fsp3) is 0.619. The molecule has 1 aliphatic heterocycles. The third-order valence-corrected chi connectivity index (χ3v) is 8.02. The van der Waals surface area contributed by atoms with Crippen LogP contribution in [0.3, 0.4) is 0 Å². The lowest BCUT2D eigenvalue weighted by Gasteiger charge is -2.33. The van der Waals surface area contributed by atoms with Crippen molar-refractivity contribution in [3.05, 3.63) is 24.0 Å². The first kappa shape index (κ1) is 21.8. The predicted octanol–water partition coefficient (Wildman–Crippen LogP) is 2.94. The van der Waals surface area contributed by atoms with Gasteiger partial charge in [-0.25, -0.2) is 13.4 Å². The zero-order valence-electron chi connectivity index (χ0n) is 17.9. The van der Waals surface area contributed by atoms with Gasteiger partial charge in [-0.3, -0.25) is 4.79 Å². The van der Waals surface area contributed by atoms with E-state index in [1.54, 1.807) is 18.2 Å². The highest BCUT2D eigenvalue weighted by atomic mass is 32.2. The summed E-state index contributed by atoms with van der Waals surface area (Å²) in [5.41, 5.74) is 1.52. The van der Waals surface area contributed by atoms with Gasteiger partial charge >= 0.3 is 0 Å². The average Bonchev–Trinajstić information content (AvgIpc) is 3.02. The number of imidazole rings is 1. The van der Waals surface area contributed by atoms with E-state index in [2.05, 4.69) is 11.9 Å². The fourth-order valence-electron chi connectivity index (χ4n) is 4.16. The molecule has 0 spiro atoms. The Balaban J connectivity index is 1.80. The lowest BCUT2D eigenvalue weighted by atomic mass is 10.0. The van der Waals surface area contributed by atoms with E-state index >= 15 is 0 Å². The average molecular weight is 421 g/mol. The smallest absolute Gasteiger partial charge is 0.243 e. The van der Waals surface area contributed by atoms with E-state index in [1.165, 1.54) is 10.7 Å². The molecular weight excluding hydrogens is 388 g/mol. The number of aromatic nitrogens is 2. The minimum atomic E-state index is -3.52. The second kappa shape index (κ2) is 8.83. The summed E-state index contributed by atoms with van der Waals surface area (Å²) >= 11 is 0. The maximum Gasteiger partial charge on any atom is 0.243 e. The number of hydrogen-bond donors (Lipinski definition) is 0. The number of sulfonamides is 1. The van der Waals surface area contributed by atoms with Crippen molar-refractivity contribution in [2.45, 2.75) is 63.8 Å².